The molecule has 0 bridgehead atoms. The zero-order valence-electron chi connectivity index (χ0n) is 22.5. The Morgan fingerprint density at radius 3 is 2.39 bits per heavy atom. The quantitative estimate of drug-likeness (QED) is 0.218. The number of amides is 1. The lowest BCUT2D eigenvalue weighted by Crippen LogP contribution is -2.20. The average Bonchev–Trinajstić information content (AvgIpc) is 2.93. The Kier molecular flexibility index (Phi) is 13.1. The van der Waals surface area contributed by atoms with Gasteiger partial charge in [0, 0.05) is 36.3 Å². The van der Waals surface area contributed by atoms with Crippen LogP contribution in [0.25, 0.3) is 0 Å². The molecular weight excluding hydrogens is 468 g/mol. The molecule has 0 aliphatic heterocycles. The van der Waals surface area contributed by atoms with Gasteiger partial charge in [-0.3, -0.25) is 9.78 Å². The van der Waals surface area contributed by atoms with Gasteiger partial charge in [-0.25, -0.2) is 0 Å². The summed E-state index contributed by atoms with van der Waals surface area (Å²) >= 11 is 0. The van der Waals surface area contributed by atoms with Gasteiger partial charge in [0.15, 0.2) is 0 Å². The molecule has 0 aliphatic carbocycles. The number of hydrogen-bond acceptors (Lipinski definition) is 3. The zero-order valence-corrected chi connectivity index (χ0v) is 22.5. The van der Waals surface area contributed by atoms with E-state index >= 15 is 0 Å². The van der Waals surface area contributed by atoms with E-state index in [0.29, 0.717) is 6.42 Å². The molecule has 0 radical (unpaired) electrons. The van der Waals surface area contributed by atoms with E-state index in [2.05, 4.69) is 29.7 Å². The fraction of sp³-hybridized carbons (Fsp3) is 0.235. The molecule has 3 aromatic rings. The highest BCUT2D eigenvalue weighted by atomic mass is 16.3. The summed E-state index contributed by atoms with van der Waals surface area (Å²) in [6, 6.07) is 23.0. The Labute approximate surface area is 227 Å². The van der Waals surface area contributed by atoms with Gasteiger partial charge in [0.2, 0.25) is 5.91 Å². The molecule has 0 saturated carbocycles. The summed E-state index contributed by atoms with van der Waals surface area (Å²) in [6.07, 6.45) is 14.8. The molecular formula is C34H38N2O2. The van der Waals surface area contributed by atoms with Gasteiger partial charge in [-0.05, 0) is 49.1 Å². The van der Waals surface area contributed by atoms with Gasteiger partial charge in [-0.1, -0.05) is 98.0 Å². The molecule has 0 fully saturated rings. The maximum atomic E-state index is 12.3. The number of aromatic nitrogens is 1. The highest BCUT2D eigenvalue weighted by Gasteiger charge is 2.31. The lowest BCUT2D eigenvalue weighted by molar-refractivity contribution is -0.116. The smallest absolute Gasteiger partial charge is 0.225 e. The van der Waals surface area contributed by atoms with Crippen LogP contribution in [0, 0.1) is 12.3 Å². The molecule has 2 aromatic carbocycles. The predicted octanol–water partition coefficient (Wildman–Crippen LogP) is 7.75. The molecule has 0 aliphatic rings. The Hall–Kier alpha value is -4.20. The molecule has 3 atom stereocenters. The molecule has 1 amide bonds. The van der Waals surface area contributed by atoms with Crippen molar-refractivity contribution in [3.63, 3.8) is 0 Å². The average molecular weight is 507 g/mol. The van der Waals surface area contributed by atoms with Gasteiger partial charge < -0.3 is 10.4 Å². The van der Waals surface area contributed by atoms with E-state index in [1.807, 2.05) is 111 Å². The molecule has 4 nitrogen and oxygen atoms in total. The van der Waals surface area contributed by atoms with Crippen LogP contribution in [-0.2, 0) is 4.79 Å². The number of aliphatic hydroxyl groups is 1. The zero-order chi connectivity index (χ0) is 27.8. The summed E-state index contributed by atoms with van der Waals surface area (Å²) in [6.45, 7) is 9.72. The van der Waals surface area contributed by atoms with Crippen molar-refractivity contribution in [1.82, 2.24) is 4.98 Å². The third-order valence-electron chi connectivity index (χ3n) is 5.96. The van der Waals surface area contributed by atoms with Crippen molar-refractivity contribution in [1.29, 1.82) is 0 Å². The first kappa shape index (κ1) is 30.0. The van der Waals surface area contributed by atoms with Crippen LogP contribution in [0.4, 0.5) is 5.69 Å². The van der Waals surface area contributed by atoms with Crippen LogP contribution in [-0.4, -0.2) is 16.0 Å². The topological polar surface area (TPSA) is 62.2 Å². The number of carbonyl (C=O) groups excluding carboxylic acids is 1. The highest BCUT2D eigenvalue weighted by Crippen LogP contribution is 2.43. The molecule has 2 N–H and O–H groups in total. The lowest BCUT2D eigenvalue weighted by atomic mass is 9.78. The number of nitrogens with zero attached hydrogens (tertiary/aromatic N) is 1. The largest absolute Gasteiger partial charge is 0.388 e. The number of aliphatic hydroxyl groups excluding tert-OH is 1. The molecule has 0 saturated heterocycles. The van der Waals surface area contributed by atoms with Crippen LogP contribution in [0.15, 0.2) is 115 Å². The normalized spacial score (nSPS) is 13.1. The first-order valence-electron chi connectivity index (χ1n) is 12.8. The van der Waals surface area contributed by atoms with Crippen LogP contribution in [0.5, 0.6) is 0 Å². The van der Waals surface area contributed by atoms with Crippen molar-refractivity contribution in [3.8, 4) is 12.3 Å². The molecule has 196 valence electrons. The van der Waals surface area contributed by atoms with E-state index in [9.17, 15) is 9.90 Å². The number of benzene rings is 2. The third kappa shape index (κ3) is 9.69. The summed E-state index contributed by atoms with van der Waals surface area (Å²) in [7, 11) is 0. The van der Waals surface area contributed by atoms with Crippen molar-refractivity contribution in [2.24, 2.45) is 0 Å². The predicted molar refractivity (Wildman–Crippen MR) is 159 cm³/mol. The number of terminal acetylenes is 1. The van der Waals surface area contributed by atoms with E-state index in [0.717, 1.165) is 28.1 Å². The number of rotatable bonds is 10. The fourth-order valence-corrected chi connectivity index (χ4v) is 4.05. The van der Waals surface area contributed by atoms with E-state index in [1.54, 1.807) is 6.20 Å². The van der Waals surface area contributed by atoms with Crippen LogP contribution < -0.4 is 5.32 Å². The van der Waals surface area contributed by atoms with Gasteiger partial charge >= 0.3 is 0 Å². The molecule has 0 spiro atoms. The minimum Gasteiger partial charge on any atom is -0.388 e. The second kappa shape index (κ2) is 16.5. The number of carbonyl (C=O) groups is 1. The van der Waals surface area contributed by atoms with Crippen molar-refractivity contribution in [3.05, 3.63) is 132 Å². The number of pyridine rings is 1. The fourth-order valence-electron chi connectivity index (χ4n) is 4.05. The van der Waals surface area contributed by atoms with E-state index in [1.165, 1.54) is 0 Å². The molecule has 4 heteroatoms. The summed E-state index contributed by atoms with van der Waals surface area (Å²) in [5.74, 6) is 1.97. The second-order valence-electron chi connectivity index (χ2n) is 9.00. The Bertz CT molecular complexity index is 1240. The third-order valence-corrected chi connectivity index (χ3v) is 5.96. The number of para-hydroxylation sites is 1. The monoisotopic (exact) mass is 506 g/mol. The number of hydrogen-bond donors (Lipinski definition) is 2. The Morgan fingerprint density at radius 2 is 1.76 bits per heavy atom. The van der Waals surface area contributed by atoms with Crippen LogP contribution >= 0.6 is 0 Å². The first-order chi connectivity index (χ1) is 18.4. The van der Waals surface area contributed by atoms with Crippen molar-refractivity contribution >= 4 is 11.6 Å². The number of anilines is 1. The molecule has 1 heterocycles. The van der Waals surface area contributed by atoms with Gasteiger partial charge in [0.1, 0.15) is 0 Å². The van der Waals surface area contributed by atoms with Crippen LogP contribution in [0.3, 0.4) is 0 Å². The Morgan fingerprint density at radius 1 is 1.08 bits per heavy atom. The summed E-state index contributed by atoms with van der Waals surface area (Å²) in [4.78, 5) is 16.8. The summed E-state index contributed by atoms with van der Waals surface area (Å²) < 4.78 is 0. The molecule has 38 heavy (non-hydrogen) atoms. The SMILES string of the molecule is C#CCCC(=O)Nc1ccccc1C(C)[C@H](c1ccccn1)[C@H](O)c1ccccc1.C=C(C)/C=C\C=C/C. The minimum atomic E-state index is -0.749. The number of allylic oxidation sites excluding steroid dienone is 5. The summed E-state index contributed by atoms with van der Waals surface area (Å²) in [5, 5.41) is 14.3. The van der Waals surface area contributed by atoms with E-state index in [-0.39, 0.29) is 24.2 Å². The number of nitrogens with one attached hydrogen (secondary N) is 1. The maximum absolute atomic E-state index is 12.3. The van der Waals surface area contributed by atoms with Gasteiger partial charge in [0.05, 0.1) is 6.10 Å². The van der Waals surface area contributed by atoms with Crippen molar-refractivity contribution < 1.29 is 9.90 Å². The lowest BCUT2D eigenvalue weighted by Gasteiger charge is -2.30. The highest BCUT2D eigenvalue weighted by molar-refractivity contribution is 5.91. The second-order valence-corrected chi connectivity index (χ2v) is 9.00. The minimum absolute atomic E-state index is 0.112. The van der Waals surface area contributed by atoms with Gasteiger partial charge in [-0.2, -0.15) is 0 Å². The van der Waals surface area contributed by atoms with Crippen molar-refractivity contribution in [2.45, 2.75) is 51.6 Å². The van der Waals surface area contributed by atoms with E-state index in [4.69, 9.17) is 6.42 Å². The molecule has 1 unspecified atom stereocenters. The van der Waals surface area contributed by atoms with Gasteiger partial charge in [0.25, 0.3) is 0 Å². The van der Waals surface area contributed by atoms with Crippen molar-refractivity contribution in [2.75, 3.05) is 5.32 Å². The first-order valence-corrected chi connectivity index (χ1v) is 12.8. The van der Waals surface area contributed by atoms with E-state index < -0.39 is 6.10 Å². The van der Waals surface area contributed by atoms with Crippen LogP contribution in [0.2, 0.25) is 0 Å². The maximum Gasteiger partial charge on any atom is 0.225 e. The Balaban J connectivity index is 0.000000550. The summed E-state index contributed by atoms with van der Waals surface area (Å²) in [5.41, 5.74) is 4.39. The molecule has 3 rings (SSSR count). The van der Waals surface area contributed by atoms with Crippen LogP contribution in [0.1, 0.15) is 68.4 Å². The standard InChI is InChI=1S/C26H26N2O2.C8H12/c1-3-4-17-24(29)28-22-15-9-8-14-21(22)19(2)25(23-16-10-11-18-27-23)26(30)20-12-6-5-7-13-20;1-4-5-6-7-8(2)3/h1,5-16,18-19,25-26,30H,4,17H2,2H3,(H,28,29);4-7H,2H2,1,3H3/b;5-4-,7-6-/t19?,25-,26-;/m1./s1. The molecule has 1 aromatic heterocycles. The van der Waals surface area contributed by atoms with Gasteiger partial charge in [-0.15, -0.1) is 12.3 Å².